The molecule has 0 aliphatic carbocycles. The van der Waals surface area contributed by atoms with Crippen LogP contribution in [0.4, 0.5) is 0 Å². The van der Waals surface area contributed by atoms with Gasteiger partial charge in [-0.1, -0.05) is 6.92 Å². The quantitative estimate of drug-likeness (QED) is 0.916. The van der Waals surface area contributed by atoms with Gasteiger partial charge in [-0.25, -0.2) is 0 Å². The number of hydrogen-bond donors (Lipinski definition) is 1. The molecule has 0 spiro atoms. The van der Waals surface area contributed by atoms with Gasteiger partial charge in [-0.05, 0) is 51.3 Å². The van der Waals surface area contributed by atoms with E-state index in [0.29, 0.717) is 18.2 Å². The number of aromatic nitrogens is 1. The Kier molecular flexibility index (Phi) is 5.12. The minimum absolute atomic E-state index is 0.0330. The Morgan fingerprint density at radius 1 is 1.55 bits per heavy atom. The first-order chi connectivity index (χ1) is 9.56. The first-order valence-corrected chi connectivity index (χ1v) is 7.51. The van der Waals surface area contributed by atoms with Gasteiger partial charge in [0.1, 0.15) is 0 Å². The number of carbonyl (C=O) groups is 1. The lowest BCUT2D eigenvalue weighted by Gasteiger charge is -2.35. The number of aryl methyl sites for hydroxylation is 1. The number of nitrogens with zero attached hydrogens (tertiary/aromatic N) is 2. The zero-order valence-corrected chi connectivity index (χ0v) is 12.7. The van der Waals surface area contributed by atoms with Gasteiger partial charge in [0, 0.05) is 31.0 Å². The van der Waals surface area contributed by atoms with Gasteiger partial charge in [0.05, 0.1) is 5.56 Å². The lowest BCUT2D eigenvalue weighted by Crippen LogP contribution is -2.46. The van der Waals surface area contributed by atoms with Crippen molar-refractivity contribution >= 4 is 5.91 Å². The highest BCUT2D eigenvalue weighted by Crippen LogP contribution is 2.17. The summed E-state index contributed by atoms with van der Waals surface area (Å²) in [5.74, 6) is 0.734. The Morgan fingerprint density at radius 2 is 2.35 bits per heavy atom. The molecule has 0 aromatic carbocycles. The maximum absolute atomic E-state index is 12.0. The molecule has 0 radical (unpaired) electrons. The van der Waals surface area contributed by atoms with Crippen LogP contribution in [0.1, 0.15) is 42.7 Å². The van der Waals surface area contributed by atoms with Crippen LogP contribution in [0.2, 0.25) is 0 Å². The molecule has 0 unspecified atom stereocenters. The molecule has 0 saturated carbocycles. The number of amides is 1. The monoisotopic (exact) mass is 275 g/mol. The molecule has 20 heavy (non-hydrogen) atoms. The lowest BCUT2D eigenvalue weighted by molar-refractivity contribution is 0.0917. The Bertz CT molecular complexity index is 444. The van der Waals surface area contributed by atoms with Crippen LogP contribution in [-0.4, -0.2) is 41.5 Å². The van der Waals surface area contributed by atoms with Gasteiger partial charge in [-0.3, -0.25) is 14.7 Å². The fraction of sp³-hybridized carbons (Fsp3) is 0.625. The topological polar surface area (TPSA) is 45.2 Å². The van der Waals surface area contributed by atoms with Crippen molar-refractivity contribution < 1.29 is 4.79 Å². The second-order valence-electron chi connectivity index (χ2n) is 5.99. The largest absolute Gasteiger partial charge is 0.350 e. The molecule has 1 aromatic heterocycles. The number of likely N-dealkylation sites (tertiary alicyclic amines) is 1. The predicted molar refractivity (Wildman–Crippen MR) is 80.7 cm³/mol. The van der Waals surface area contributed by atoms with E-state index in [1.807, 2.05) is 19.1 Å². The van der Waals surface area contributed by atoms with E-state index in [4.69, 9.17) is 0 Å². The highest BCUT2D eigenvalue weighted by Gasteiger charge is 2.21. The molecule has 1 saturated heterocycles. The van der Waals surface area contributed by atoms with Crippen LogP contribution < -0.4 is 5.32 Å². The Balaban J connectivity index is 1.82. The third-order valence-electron chi connectivity index (χ3n) is 4.04. The lowest BCUT2D eigenvalue weighted by atomic mass is 9.99. The van der Waals surface area contributed by atoms with Gasteiger partial charge in [0.15, 0.2) is 0 Å². The Morgan fingerprint density at radius 3 is 3.00 bits per heavy atom. The summed E-state index contributed by atoms with van der Waals surface area (Å²) in [6, 6.07) is 4.08. The van der Waals surface area contributed by atoms with Crippen molar-refractivity contribution in [2.24, 2.45) is 5.92 Å². The average Bonchev–Trinajstić information content (AvgIpc) is 2.45. The van der Waals surface area contributed by atoms with Crippen LogP contribution in [0.15, 0.2) is 18.3 Å². The van der Waals surface area contributed by atoms with Crippen LogP contribution in [0.25, 0.3) is 0 Å². The normalized spacial score (nSPS) is 21.4. The smallest absolute Gasteiger partial charge is 0.252 e. The molecule has 2 rings (SSSR count). The highest BCUT2D eigenvalue weighted by atomic mass is 16.1. The van der Waals surface area contributed by atoms with Gasteiger partial charge in [0.2, 0.25) is 0 Å². The minimum atomic E-state index is -0.0330. The van der Waals surface area contributed by atoms with E-state index in [-0.39, 0.29) is 5.91 Å². The van der Waals surface area contributed by atoms with Crippen LogP contribution in [-0.2, 0) is 0 Å². The van der Waals surface area contributed by atoms with E-state index in [9.17, 15) is 4.79 Å². The molecule has 4 heteroatoms. The van der Waals surface area contributed by atoms with Crippen molar-refractivity contribution in [3.63, 3.8) is 0 Å². The predicted octanol–water partition coefficient (Wildman–Crippen LogP) is 2.24. The second-order valence-corrected chi connectivity index (χ2v) is 5.99. The maximum atomic E-state index is 12.0. The first-order valence-electron chi connectivity index (χ1n) is 7.51. The summed E-state index contributed by atoms with van der Waals surface area (Å²) in [5, 5.41) is 3.01. The molecule has 2 heterocycles. The van der Waals surface area contributed by atoms with Gasteiger partial charge in [0.25, 0.3) is 5.91 Å². The number of hydrogen-bond acceptors (Lipinski definition) is 3. The molecule has 1 amide bonds. The van der Waals surface area contributed by atoms with E-state index in [1.54, 1.807) is 6.20 Å². The van der Waals surface area contributed by atoms with E-state index >= 15 is 0 Å². The summed E-state index contributed by atoms with van der Waals surface area (Å²) in [6.45, 7) is 9.39. The Hall–Kier alpha value is -1.42. The van der Waals surface area contributed by atoms with Gasteiger partial charge < -0.3 is 5.32 Å². The van der Waals surface area contributed by atoms with Crippen molar-refractivity contribution in [2.45, 2.75) is 39.7 Å². The average molecular weight is 275 g/mol. The Labute approximate surface area is 121 Å². The standard InChI is InChI=1S/C16H25N3O/c1-12-5-4-8-19(11-12)14(3)9-18-16(20)15-7-6-13(2)17-10-15/h6-7,10,12,14H,4-5,8-9,11H2,1-3H3,(H,18,20)/t12-,14+/m0/s1. The minimum Gasteiger partial charge on any atom is -0.350 e. The zero-order valence-electron chi connectivity index (χ0n) is 12.7. The molecule has 1 aromatic rings. The molecular formula is C16H25N3O. The highest BCUT2D eigenvalue weighted by molar-refractivity contribution is 5.93. The number of nitrogens with one attached hydrogen (secondary N) is 1. The van der Waals surface area contributed by atoms with Crippen LogP contribution in [0.3, 0.4) is 0 Å². The number of piperidine rings is 1. The zero-order chi connectivity index (χ0) is 14.5. The summed E-state index contributed by atoms with van der Waals surface area (Å²) >= 11 is 0. The SMILES string of the molecule is Cc1ccc(C(=O)NC[C@@H](C)N2CCC[C@H](C)C2)cn1. The van der Waals surface area contributed by atoms with Gasteiger partial charge in [-0.15, -0.1) is 0 Å². The summed E-state index contributed by atoms with van der Waals surface area (Å²) in [6.07, 6.45) is 4.23. The molecule has 1 aliphatic heterocycles. The van der Waals surface area contributed by atoms with Crippen molar-refractivity contribution in [3.05, 3.63) is 29.6 Å². The molecule has 1 N–H and O–H groups in total. The fourth-order valence-electron chi connectivity index (χ4n) is 2.70. The molecule has 0 bridgehead atoms. The van der Waals surface area contributed by atoms with Crippen molar-refractivity contribution in [1.82, 2.24) is 15.2 Å². The van der Waals surface area contributed by atoms with E-state index in [1.165, 1.54) is 12.8 Å². The van der Waals surface area contributed by atoms with E-state index < -0.39 is 0 Å². The first kappa shape index (κ1) is 15.0. The van der Waals surface area contributed by atoms with Gasteiger partial charge >= 0.3 is 0 Å². The molecule has 110 valence electrons. The number of rotatable bonds is 4. The summed E-state index contributed by atoms with van der Waals surface area (Å²) in [7, 11) is 0. The molecule has 4 nitrogen and oxygen atoms in total. The summed E-state index contributed by atoms with van der Waals surface area (Å²) in [5.41, 5.74) is 1.56. The van der Waals surface area contributed by atoms with Crippen LogP contribution in [0.5, 0.6) is 0 Å². The van der Waals surface area contributed by atoms with Crippen LogP contribution in [0, 0.1) is 12.8 Å². The summed E-state index contributed by atoms with van der Waals surface area (Å²) in [4.78, 5) is 18.7. The van der Waals surface area contributed by atoms with E-state index in [2.05, 4.69) is 29.0 Å². The maximum Gasteiger partial charge on any atom is 0.252 e. The fourth-order valence-corrected chi connectivity index (χ4v) is 2.70. The van der Waals surface area contributed by atoms with Crippen molar-refractivity contribution in [2.75, 3.05) is 19.6 Å². The third-order valence-corrected chi connectivity index (χ3v) is 4.04. The molecule has 2 atom stereocenters. The number of carbonyl (C=O) groups excluding carboxylic acids is 1. The third kappa shape index (κ3) is 4.04. The van der Waals surface area contributed by atoms with Crippen molar-refractivity contribution in [3.8, 4) is 0 Å². The summed E-state index contributed by atoms with van der Waals surface area (Å²) < 4.78 is 0. The second kappa shape index (κ2) is 6.84. The van der Waals surface area contributed by atoms with Crippen molar-refractivity contribution in [1.29, 1.82) is 0 Å². The van der Waals surface area contributed by atoms with E-state index in [0.717, 1.165) is 24.7 Å². The van der Waals surface area contributed by atoms with Crippen LogP contribution >= 0.6 is 0 Å². The molecule has 1 aliphatic rings. The molecular weight excluding hydrogens is 250 g/mol. The molecule has 1 fully saturated rings. The van der Waals surface area contributed by atoms with Gasteiger partial charge in [-0.2, -0.15) is 0 Å². The number of pyridine rings is 1.